The van der Waals surface area contributed by atoms with Crippen molar-refractivity contribution in [1.82, 2.24) is 19.4 Å². The Labute approximate surface area is 110 Å². The van der Waals surface area contributed by atoms with Crippen LogP contribution in [-0.2, 0) is 7.05 Å². The standard InChI is InChI=1S/C14H14N4O/c1-3-14(19)12-7-16-18-9-10(4-5-13(12)18)11-6-15-17(2)8-11/h4-9H,3H2,1-2H3. The third-order valence-electron chi connectivity index (χ3n) is 3.18. The van der Waals surface area contributed by atoms with E-state index in [0.717, 1.165) is 16.6 Å². The van der Waals surface area contributed by atoms with E-state index in [0.29, 0.717) is 12.0 Å². The van der Waals surface area contributed by atoms with Crippen LogP contribution >= 0.6 is 0 Å². The summed E-state index contributed by atoms with van der Waals surface area (Å²) in [6.07, 6.45) is 7.80. The molecule has 0 radical (unpaired) electrons. The average Bonchev–Trinajstić information content (AvgIpc) is 3.03. The van der Waals surface area contributed by atoms with Crippen LogP contribution in [0, 0.1) is 0 Å². The topological polar surface area (TPSA) is 52.2 Å². The second-order valence-electron chi connectivity index (χ2n) is 4.49. The highest BCUT2D eigenvalue weighted by Gasteiger charge is 2.11. The van der Waals surface area contributed by atoms with E-state index in [1.54, 1.807) is 15.4 Å². The second-order valence-corrected chi connectivity index (χ2v) is 4.49. The molecule has 0 N–H and O–H groups in total. The molecule has 0 spiro atoms. The molecule has 0 saturated heterocycles. The monoisotopic (exact) mass is 254 g/mol. The summed E-state index contributed by atoms with van der Waals surface area (Å²) in [7, 11) is 1.88. The minimum atomic E-state index is 0.115. The molecule has 3 aromatic rings. The first-order valence-corrected chi connectivity index (χ1v) is 6.18. The number of rotatable bonds is 3. The third kappa shape index (κ3) is 1.93. The predicted molar refractivity (Wildman–Crippen MR) is 72.0 cm³/mol. The minimum Gasteiger partial charge on any atom is -0.294 e. The first kappa shape index (κ1) is 11.6. The molecular formula is C14H14N4O. The van der Waals surface area contributed by atoms with Crippen molar-refractivity contribution in [3.05, 3.63) is 42.5 Å². The SMILES string of the molecule is CCC(=O)c1cnn2cc(-c3cnn(C)c3)ccc12. The van der Waals surface area contributed by atoms with Gasteiger partial charge in [-0.05, 0) is 6.07 Å². The Bertz CT molecular complexity index is 754. The maximum atomic E-state index is 11.8. The van der Waals surface area contributed by atoms with Gasteiger partial charge >= 0.3 is 0 Å². The predicted octanol–water partition coefficient (Wildman–Crippen LogP) is 2.33. The number of hydrogen-bond acceptors (Lipinski definition) is 3. The lowest BCUT2D eigenvalue weighted by molar-refractivity contribution is 0.0989. The smallest absolute Gasteiger partial charge is 0.166 e. The minimum absolute atomic E-state index is 0.115. The molecule has 0 aliphatic heterocycles. The molecular weight excluding hydrogens is 240 g/mol. The van der Waals surface area contributed by atoms with Crippen molar-refractivity contribution >= 4 is 11.3 Å². The van der Waals surface area contributed by atoms with E-state index in [1.807, 2.05) is 44.7 Å². The van der Waals surface area contributed by atoms with Crippen LogP contribution in [0.15, 0.2) is 36.9 Å². The van der Waals surface area contributed by atoms with Crippen LogP contribution < -0.4 is 0 Å². The number of Topliss-reactive ketones (excluding diaryl/α,β-unsaturated/α-hetero) is 1. The number of ketones is 1. The highest BCUT2D eigenvalue weighted by molar-refractivity contribution is 6.02. The van der Waals surface area contributed by atoms with Crippen LogP contribution in [0.3, 0.4) is 0 Å². The number of carbonyl (C=O) groups excluding carboxylic acids is 1. The van der Waals surface area contributed by atoms with Crippen LogP contribution in [0.2, 0.25) is 0 Å². The van der Waals surface area contributed by atoms with Crippen molar-refractivity contribution in [1.29, 1.82) is 0 Å². The summed E-state index contributed by atoms with van der Waals surface area (Å²) in [5.41, 5.74) is 3.59. The Morgan fingerprint density at radius 1 is 1.16 bits per heavy atom. The molecule has 0 aliphatic carbocycles. The van der Waals surface area contributed by atoms with Gasteiger partial charge in [0, 0.05) is 37.0 Å². The Morgan fingerprint density at radius 2 is 2.00 bits per heavy atom. The molecule has 0 aromatic carbocycles. The van der Waals surface area contributed by atoms with E-state index in [-0.39, 0.29) is 5.78 Å². The van der Waals surface area contributed by atoms with E-state index >= 15 is 0 Å². The van der Waals surface area contributed by atoms with E-state index in [4.69, 9.17) is 0 Å². The summed E-state index contributed by atoms with van der Waals surface area (Å²) in [5.74, 6) is 0.115. The molecule has 0 unspecified atom stereocenters. The van der Waals surface area contributed by atoms with Crippen molar-refractivity contribution in [2.75, 3.05) is 0 Å². The van der Waals surface area contributed by atoms with E-state index in [2.05, 4.69) is 10.2 Å². The van der Waals surface area contributed by atoms with Gasteiger partial charge in [-0.15, -0.1) is 0 Å². The van der Waals surface area contributed by atoms with Gasteiger partial charge < -0.3 is 0 Å². The van der Waals surface area contributed by atoms with Gasteiger partial charge in [0.1, 0.15) is 0 Å². The molecule has 0 aliphatic rings. The number of pyridine rings is 1. The van der Waals surface area contributed by atoms with Crippen molar-refractivity contribution in [2.45, 2.75) is 13.3 Å². The molecule has 0 saturated carbocycles. The Kier molecular flexibility index (Phi) is 2.67. The van der Waals surface area contributed by atoms with Crippen molar-refractivity contribution in [3.63, 3.8) is 0 Å². The number of hydrogen-bond donors (Lipinski definition) is 0. The van der Waals surface area contributed by atoms with Crippen molar-refractivity contribution in [3.8, 4) is 11.1 Å². The van der Waals surface area contributed by atoms with Crippen LogP contribution in [0.4, 0.5) is 0 Å². The number of fused-ring (bicyclic) bond motifs is 1. The summed E-state index contributed by atoms with van der Waals surface area (Å²) < 4.78 is 3.50. The van der Waals surface area contributed by atoms with Crippen LogP contribution in [0.25, 0.3) is 16.6 Å². The fourth-order valence-corrected chi connectivity index (χ4v) is 2.13. The number of aromatic nitrogens is 4. The molecule has 5 nitrogen and oxygen atoms in total. The molecule has 0 fully saturated rings. The molecule has 5 heteroatoms. The quantitative estimate of drug-likeness (QED) is 0.674. The molecule has 0 amide bonds. The summed E-state index contributed by atoms with van der Waals surface area (Å²) in [5, 5.41) is 8.40. The lowest BCUT2D eigenvalue weighted by Crippen LogP contribution is -1.95. The van der Waals surface area contributed by atoms with E-state index in [1.165, 1.54) is 0 Å². The molecule has 3 aromatic heterocycles. The second kappa shape index (κ2) is 4.35. The fourth-order valence-electron chi connectivity index (χ4n) is 2.13. The van der Waals surface area contributed by atoms with Gasteiger partial charge in [0.15, 0.2) is 5.78 Å². The normalized spacial score (nSPS) is 11.1. The maximum absolute atomic E-state index is 11.8. The third-order valence-corrected chi connectivity index (χ3v) is 3.18. The van der Waals surface area contributed by atoms with Crippen molar-refractivity contribution < 1.29 is 4.79 Å². The first-order chi connectivity index (χ1) is 9.19. The summed E-state index contributed by atoms with van der Waals surface area (Å²) in [6, 6.07) is 3.92. The lowest BCUT2D eigenvalue weighted by Gasteiger charge is -2.00. The van der Waals surface area contributed by atoms with Gasteiger partial charge in [-0.25, -0.2) is 4.52 Å². The zero-order valence-electron chi connectivity index (χ0n) is 10.9. The van der Waals surface area contributed by atoms with Gasteiger partial charge in [-0.3, -0.25) is 9.48 Å². The molecule has 96 valence electrons. The zero-order chi connectivity index (χ0) is 13.4. The summed E-state index contributed by atoms with van der Waals surface area (Å²) in [6.45, 7) is 1.86. The molecule has 3 rings (SSSR count). The van der Waals surface area contributed by atoms with E-state index < -0.39 is 0 Å². The molecule has 19 heavy (non-hydrogen) atoms. The highest BCUT2D eigenvalue weighted by atomic mass is 16.1. The largest absolute Gasteiger partial charge is 0.294 e. The molecule has 3 heterocycles. The van der Waals surface area contributed by atoms with Gasteiger partial charge in [-0.2, -0.15) is 10.2 Å². The highest BCUT2D eigenvalue weighted by Crippen LogP contribution is 2.21. The van der Waals surface area contributed by atoms with Gasteiger partial charge in [0.05, 0.1) is 23.5 Å². The maximum Gasteiger partial charge on any atom is 0.166 e. The Hall–Kier alpha value is -2.43. The van der Waals surface area contributed by atoms with Crippen LogP contribution in [-0.4, -0.2) is 25.2 Å². The molecule has 0 atom stereocenters. The zero-order valence-corrected chi connectivity index (χ0v) is 10.9. The lowest BCUT2D eigenvalue weighted by atomic mass is 10.1. The Morgan fingerprint density at radius 3 is 2.68 bits per heavy atom. The van der Waals surface area contributed by atoms with Crippen LogP contribution in [0.1, 0.15) is 23.7 Å². The number of aryl methyl sites for hydroxylation is 1. The van der Waals surface area contributed by atoms with Crippen molar-refractivity contribution in [2.24, 2.45) is 7.05 Å². The Balaban J connectivity index is 2.10. The number of carbonyl (C=O) groups is 1. The average molecular weight is 254 g/mol. The number of nitrogens with zero attached hydrogens (tertiary/aromatic N) is 4. The molecule has 0 bridgehead atoms. The van der Waals surface area contributed by atoms with Gasteiger partial charge in [0.2, 0.25) is 0 Å². The summed E-state index contributed by atoms with van der Waals surface area (Å²) in [4.78, 5) is 11.8. The van der Waals surface area contributed by atoms with E-state index in [9.17, 15) is 4.79 Å². The van der Waals surface area contributed by atoms with Gasteiger partial charge in [-0.1, -0.05) is 13.0 Å². The van der Waals surface area contributed by atoms with Crippen LogP contribution in [0.5, 0.6) is 0 Å². The first-order valence-electron chi connectivity index (χ1n) is 6.18. The fraction of sp³-hybridized carbons (Fsp3) is 0.214. The summed E-state index contributed by atoms with van der Waals surface area (Å²) >= 11 is 0. The van der Waals surface area contributed by atoms with Gasteiger partial charge in [0.25, 0.3) is 0 Å².